The highest BCUT2D eigenvalue weighted by molar-refractivity contribution is 4.89. The van der Waals surface area contributed by atoms with Gasteiger partial charge in [0, 0.05) is 15.7 Å². The van der Waals surface area contributed by atoms with Gasteiger partial charge in [0.1, 0.15) is 12.3 Å². The van der Waals surface area contributed by atoms with E-state index in [1.165, 1.54) is 25.7 Å². The fourth-order valence-electron chi connectivity index (χ4n) is 5.18. The molecule has 2 unspecified atom stereocenters. The quantitative estimate of drug-likeness (QED) is 0.524. The zero-order valence-electron chi connectivity index (χ0n) is 16.0. The van der Waals surface area contributed by atoms with Gasteiger partial charge in [0.2, 0.25) is 0 Å². The summed E-state index contributed by atoms with van der Waals surface area (Å²) in [5.74, 6) is 1.04. The van der Waals surface area contributed by atoms with Gasteiger partial charge < -0.3 is 10.2 Å². The number of ether oxygens (including phenoxy) is 1. The standard InChI is InChI=1S/C20H31F5O.H2O.2H2/c1-12-2-4-13(5-3-12)14-6-8-15(9-7-14)20(24,25)26-16-10-17(21)19(23)18(22)11-16;;;/h12-19H,2-11H2,1H3;1H2;2*1H. The van der Waals surface area contributed by atoms with Gasteiger partial charge in [-0.05, 0) is 56.3 Å². The van der Waals surface area contributed by atoms with Gasteiger partial charge in [-0.2, -0.15) is 8.78 Å². The summed E-state index contributed by atoms with van der Waals surface area (Å²) < 4.78 is 73.9. The highest BCUT2D eigenvalue weighted by atomic mass is 19.3. The lowest BCUT2D eigenvalue weighted by molar-refractivity contribution is -0.306. The predicted molar refractivity (Wildman–Crippen MR) is 98.2 cm³/mol. The molecule has 0 aliphatic heterocycles. The number of hydrogen-bond donors (Lipinski definition) is 0. The molecule has 164 valence electrons. The Morgan fingerprint density at radius 3 is 1.70 bits per heavy atom. The van der Waals surface area contributed by atoms with Crippen molar-refractivity contribution in [1.82, 2.24) is 0 Å². The maximum Gasteiger partial charge on any atom is 0.358 e. The molecule has 3 saturated carbocycles. The predicted octanol–water partition coefficient (Wildman–Crippen LogP) is 6.07. The zero-order valence-corrected chi connectivity index (χ0v) is 16.0. The van der Waals surface area contributed by atoms with Crippen molar-refractivity contribution in [3.63, 3.8) is 0 Å². The third-order valence-electron chi connectivity index (χ3n) is 6.97. The number of hydrogen-bond acceptors (Lipinski definition) is 1. The molecule has 0 radical (unpaired) electrons. The van der Waals surface area contributed by atoms with E-state index in [1.807, 2.05) is 0 Å². The molecule has 0 aromatic carbocycles. The molecule has 0 aromatic heterocycles. The average Bonchev–Trinajstić information content (AvgIpc) is 2.60. The van der Waals surface area contributed by atoms with Crippen molar-refractivity contribution in [3.8, 4) is 0 Å². The lowest BCUT2D eigenvalue weighted by Gasteiger charge is -2.40. The van der Waals surface area contributed by atoms with E-state index in [1.54, 1.807) is 0 Å². The van der Waals surface area contributed by atoms with Gasteiger partial charge in [0.05, 0.1) is 12.0 Å². The highest BCUT2D eigenvalue weighted by Gasteiger charge is 2.48. The number of halogens is 5. The monoisotopic (exact) mass is 404 g/mol. The molecule has 0 spiro atoms. The Balaban J connectivity index is 0.00000261. The smallest absolute Gasteiger partial charge is 0.358 e. The number of alkyl halides is 5. The maximum atomic E-state index is 14.5. The van der Waals surface area contributed by atoms with Gasteiger partial charge in [-0.15, -0.1) is 0 Å². The fraction of sp³-hybridized carbons (Fsp3) is 1.00. The fourth-order valence-corrected chi connectivity index (χ4v) is 5.18. The molecule has 2 nitrogen and oxygen atoms in total. The molecule has 0 amide bonds. The minimum Gasteiger partial charge on any atom is -0.412 e. The Morgan fingerprint density at radius 2 is 1.22 bits per heavy atom. The van der Waals surface area contributed by atoms with Crippen molar-refractivity contribution in [2.45, 2.75) is 102 Å². The first-order chi connectivity index (χ1) is 12.3. The first-order valence-electron chi connectivity index (χ1n) is 10.2. The van der Waals surface area contributed by atoms with Gasteiger partial charge in [0.15, 0.2) is 6.17 Å². The molecule has 27 heavy (non-hydrogen) atoms. The minimum absolute atomic E-state index is 0. The van der Waals surface area contributed by atoms with E-state index in [4.69, 9.17) is 4.74 Å². The van der Waals surface area contributed by atoms with E-state index in [0.29, 0.717) is 24.7 Å². The van der Waals surface area contributed by atoms with Crippen LogP contribution in [0.5, 0.6) is 0 Å². The second kappa shape index (κ2) is 9.38. The van der Waals surface area contributed by atoms with Gasteiger partial charge >= 0.3 is 6.11 Å². The summed E-state index contributed by atoms with van der Waals surface area (Å²) in [5.41, 5.74) is 0. The largest absolute Gasteiger partial charge is 0.412 e. The second-order valence-corrected chi connectivity index (χ2v) is 8.88. The summed E-state index contributed by atoms with van der Waals surface area (Å²) in [6.07, 6.45) is -4.79. The minimum atomic E-state index is -3.39. The molecule has 2 N–H and O–H groups in total. The van der Waals surface area contributed by atoms with Crippen LogP contribution in [0.2, 0.25) is 0 Å². The average molecular weight is 405 g/mol. The zero-order chi connectivity index (χ0) is 18.9. The third-order valence-corrected chi connectivity index (χ3v) is 6.97. The molecule has 3 aliphatic rings. The summed E-state index contributed by atoms with van der Waals surface area (Å²) in [6, 6.07) is 0. The van der Waals surface area contributed by atoms with Gasteiger partial charge in [-0.1, -0.05) is 19.8 Å². The van der Waals surface area contributed by atoms with Gasteiger partial charge in [-0.3, -0.25) is 0 Å². The van der Waals surface area contributed by atoms with Crippen LogP contribution < -0.4 is 0 Å². The van der Waals surface area contributed by atoms with Crippen LogP contribution in [0, 0.1) is 23.7 Å². The summed E-state index contributed by atoms with van der Waals surface area (Å²) in [4.78, 5) is 0. The third kappa shape index (κ3) is 5.55. The van der Waals surface area contributed by atoms with E-state index < -0.39 is 49.5 Å². The van der Waals surface area contributed by atoms with Crippen molar-refractivity contribution >= 4 is 0 Å². The molecule has 0 bridgehead atoms. The molecule has 3 rings (SSSR count). The topological polar surface area (TPSA) is 40.7 Å². The first kappa shape index (κ1) is 22.9. The van der Waals surface area contributed by atoms with E-state index in [-0.39, 0.29) is 8.33 Å². The van der Waals surface area contributed by atoms with Crippen LogP contribution in [0.3, 0.4) is 0 Å². The molecule has 0 heterocycles. The van der Waals surface area contributed by atoms with Crippen LogP contribution in [-0.4, -0.2) is 36.2 Å². The second-order valence-electron chi connectivity index (χ2n) is 8.88. The number of rotatable bonds is 4. The van der Waals surface area contributed by atoms with E-state index in [0.717, 1.165) is 18.8 Å². The summed E-state index contributed by atoms with van der Waals surface area (Å²) >= 11 is 0. The molecule has 3 aliphatic carbocycles. The van der Waals surface area contributed by atoms with E-state index >= 15 is 0 Å². The summed E-state index contributed by atoms with van der Waals surface area (Å²) in [6.45, 7) is 2.27. The Labute approximate surface area is 161 Å². The van der Waals surface area contributed by atoms with Crippen LogP contribution >= 0.6 is 0 Å². The Morgan fingerprint density at radius 1 is 0.778 bits per heavy atom. The van der Waals surface area contributed by atoms with Crippen molar-refractivity contribution in [3.05, 3.63) is 0 Å². The Kier molecular flexibility index (Phi) is 7.94. The normalized spacial score (nSPS) is 43.8. The first-order valence-corrected chi connectivity index (χ1v) is 10.2. The van der Waals surface area contributed by atoms with Gasteiger partial charge in [-0.25, -0.2) is 13.2 Å². The van der Waals surface area contributed by atoms with E-state index in [9.17, 15) is 22.0 Å². The van der Waals surface area contributed by atoms with Gasteiger partial charge in [0.25, 0.3) is 0 Å². The van der Waals surface area contributed by atoms with Crippen molar-refractivity contribution in [1.29, 1.82) is 0 Å². The van der Waals surface area contributed by atoms with Crippen molar-refractivity contribution in [2.24, 2.45) is 23.7 Å². The van der Waals surface area contributed by atoms with Crippen LogP contribution in [-0.2, 0) is 4.74 Å². The SMILES string of the molecule is CC1CCC(C2CCC(C(F)(F)OC3CC(F)C(F)C(F)C3)CC2)CC1.O.[HH].[HH]. The molecular formula is C20H37F5O2. The molecular weight excluding hydrogens is 367 g/mol. The van der Waals surface area contributed by atoms with E-state index in [2.05, 4.69) is 6.92 Å². The molecule has 2 atom stereocenters. The molecule has 7 heteroatoms. The van der Waals surface area contributed by atoms with Crippen LogP contribution in [0.25, 0.3) is 0 Å². The lowest BCUT2D eigenvalue weighted by Crippen LogP contribution is -2.45. The Bertz CT molecular complexity index is 446. The summed E-state index contributed by atoms with van der Waals surface area (Å²) in [7, 11) is 0. The molecule has 0 aromatic rings. The van der Waals surface area contributed by atoms with Crippen LogP contribution in [0.15, 0.2) is 0 Å². The maximum absolute atomic E-state index is 14.5. The van der Waals surface area contributed by atoms with Crippen molar-refractivity contribution in [2.75, 3.05) is 0 Å². The molecule has 3 fully saturated rings. The highest BCUT2D eigenvalue weighted by Crippen LogP contribution is 2.46. The van der Waals surface area contributed by atoms with Crippen LogP contribution in [0.1, 0.15) is 74.0 Å². The molecule has 0 saturated heterocycles. The van der Waals surface area contributed by atoms with Crippen molar-refractivity contribution < 1.29 is 35.0 Å². The Hall–Kier alpha value is -0.430. The summed E-state index contributed by atoms with van der Waals surface area (Å²) in [5, 5.41) is 0. The van der Waals surface area contributed by atoms with Crippen LogP contribution in [0.4, 0.5) is 22.0 Å². The lowest BCUT2D eigenvalue weighted by atomic mass is 9.69.